The van der Waals surface area contributed by atoms with E-state index in [0.717, 1.165) is 51.4 Å². The normalized spacial score (nSPS) is 10.7. The standard InChI is InChI=1S/4C18H36O2.Ir/c4*1-2-3-4-5-6-7-8-9-10-11-12-13-14-15-16-17-18(19)20;/h4*2-17H2,1H3,(H,19,20);/p-4. The Balaban J connectivity index is -0.000000316. The van der Waals surface area contributed by atoms with E-state index in [0.29, 0.717) is 0 Å². The molecule has 0 saturated heterocycles. The van der Waals surface area contributed by atoms with Gasteiger partial charge in [-0.15, -0.1) is 0 Å². The molecular formula is C72H140IrO8-4. The summed E-state index contributed by atoms with van der Waals surface area (Å²) in [6.07, 6.45) is 79.4. The summed E-state index contributed by atoms with van der Waals surface area (Å²) in [6.45, 7) is 9.07. The fraction of sp³-hybridized carbons (Fsp3) is 0.944. The molecule has 0 bridgehead atoms. The van der Waals surface area contributed by atoms with Crippen molar-refractivity contribution >= 4 is 23.9 Å². The summed E-state index contributed by atoms with van der Waals surface area (Å²) >= 11 is 0. The van der Waals surface area contributed by atoms with E-state index < -0.39 is 23.9 Å². The molecule has 0 saturated carbocycles. The summed E-state index contributed by atoms with van der Waals surface area (Å²) in [5.74, 6) is -3.61. The predicted octanol–water partition coefficient (Wildman–Crippen LogP) is 20.0. The van der Waals surface area contributed by atoms with Crippen molar-refractivity contribution < 1.29 is 59.7 Å². The molecule has 0 atom stereocenters. The van der Waals surface area contributed by atoms with Crippen LogP contribution < -0.4 is 20.4 Å². The van der Waals surface area contributed by atoms with Crippen molar-refractivity contribution in [3.05, 3.63) is 0 Å². The molecule has 9 heteroatoms. The van der Waals surface area contributed by atoms with Crippen LogP contribution in [-0.4, -0.2) is 23.9 Å². The summed E-state index contributed by atoms with van der Waals surface area (Å²) in [5.41, 5.74) is 0. The minimum absolute atomic E-state index is 0. The van der Waals surface area contributed by atoms with Gasteiger partial charge in [0.15, 0.2) is 0 Å². The van der Waals surface area contributed by atoms with Gasteiger partial charge in [0, 0.05) is 44.0 Å². The van der Waals surface area contributed by atoms with Crippen molar-refractivity contribution in [2.24, 2.45) is 0 Å². The van der Waals surface area contributed by atoms with Crippen molar-refractivity contribution in [1.82, 2.24) is 0 Å². The van der Waals surface area contributed by atoms with Crippen LogP contribution in [0.1, 0.15) is 439 Å². The number of carbonyl (C=O) groups is 4. The van der Waals surface area contributed by atoms with Crippen molar-refractivity contribution in [2.45, 2.75) is 439 Å². The second kappa shape index (κ2) is 85.0. The fourth-order valence-electron chi connectivity index (χ4n) is 10.6. The number of hydrogen-bond donors (Lipinski definition) is 0. The van der Waals surface area contributed by atoms with Gasteiger partial charge in [0.2, 0.25) is 0 Å². The average Bonchev–Trinajstić information content (AvgIpc) is 3.43. The van der Waals surface area contributed by atoms with Gasteiger partial charge in [0.05, 0.1) is 0 Å². The SMILES string of the molecule is CCCCCCCCCCCCCCCCCC(=O)[O-].CCCCCCCCCCCCCCCCCC(=O)[O-].CCCCCCCCCCCCCCCCCC(=O)[O-].CCCCCCCCCCCCCCCCCC(=O)[O-].[Ir]. The molecule has 0 N–H and O–H groups in total. The van der Waals surface area contributed by atoms with E-state index in [1.807, 2.05) is 0 Å². The fourth-order valence-corrected chi connectivity index (χ4v) is 10.6. The second-order valence-corrected chi connectivity index (χ2v) is 24.3. The topological polar surface area (TPSA) is 161 Å². The first-order chi connectivity index (χ1) is 39.1. The van der Waals surface area contributed by atoms with E-state index in [1.54, 1.807) is 0 Å². The minimum atomic E-state index is -0.903. The predicted molar refractivity (Wildman–Crippen MR) is 338 cm³/mol. The van der Waals surface area contributed by atoms with Crippen LogP contribution in [0.5, 0.6) is 0 Å². The van der Waals surface area contributed by atoms with Crippen molar-refractivity contribution in [3.8, 4) is 0 Å². The molecule has 0 aliphatic rings. The molecule has 0 fully saturated rings. The summed E-state index contributed by atoms with van der Waals surface area (Å²) in [6, 6.07) is 0. The Hall–Kier alpha value is -1.47. The number of rotatable bonds is 64. The van der Waals surface area contributed by atoms with Crippen LogP contribution in [0.4, 0.5) is 0 Å². The van der Waals surface area contributed by atoms with E-state index in [4.69, 9.17) is 0 Å². The summed E-state index contributed by atoms with van der Waals surface area (Å²) in [5, 5.41) is 40.9. The number of aliphatic carboxylic acids is 4. The number of carbonyl (C=O) groups excluding carboxylic acids is 4. The molecule has 0 aromatic heterocycles. The number of carboxylic acid groups (broad SMARTS) is 4. The minimum Gasteiger partial charge on any atom is -0.550 e. The van der Waals surface area contributed by atoms with Crippen LogP contribution in [-0.2, 0) is 39.3 Å². The van der Waals surface area contributed by atoms with E-state index in [9.17, 15) is 39.6 Å². The Labute approximate surface area is 519 Å². The van der Waals surface area contributed by atoms with Crippen molar-refractivity contribution in [2.75, 3.05) is 0 Å². The third-order valence-electron chi connectivity index (χ3n) is 15.9. The molecule has 81 heavy (non-hydrogen) atoms. The van der Waals surface area contributed by atoms with Gasteiger partial charge < -0.3 is 39.6 Å². The van der Waals surface area contributed by atoms with Gasteiger partial charge in [-0.1, -0.05) is 387 Å². The third-order valence-corrected chi connectivity index (χ3v) is 15.9. The van der Waals surface area contributed by atoms with Gasteiger partial charge in [0.1, 0.15) is 0 Å². The van der Waals surface area contributed by atoms with Gasteiger partial charge in [0.25, 0.3) is 0 Å². The third kappa shape index (κ3) is 104. The largest absolute Gasteiger partial charge is 0.550 e. The van der Waals surface area contributed by atoms with E-state index in [1.165, 1.54) is 334 Å². The first kappa shape index (κ1) is 88.3. The monoisotopic (exact) mass is 1330 g/mol. The Bertz CT molecular complexity index is 990. The van der Waals surface area contributed by atoms with Crippen LogP contribution in [0.3, 0.4) is 0 Å². The number of hydrogen-bond acceptors (Lipinski definition) is 8. The molecule has 0 heterocycles. The summed E-state index contributed by atoms with van der Waals surface area (Å²) in [4.78, 5) is 40.9. The molecule has 0 aliphatic carbocycles. The van der Waals surface area contributed by atoms with Crippen LogP contribution in [0.25, 0.3) is 0 Å². The molecule has 8 nitrogen and oxygen atoms in total. The molecule has 0 aromatic rings. The van der Waals surface area contributed by atoms with Gasteiger partial charge in [-0.2, -0.15) is 0 Å². The Morgan fingerprint density at radius 1 is 0.160 bits per heavy atom. The van der Waals surface area contributed by atoms with Gasteiger partial charge >= 0.3 is 0 Å². The van der Waals surface area contributed by atoms with Crippen molar-refractivity contribution in [1.29, 1.82) is 0 Å². The molecule has 0 amide bonds. The smallest absolute Gasteiger partial charge is 0.0414 e. The second-order valence-electron chi connectivity index (χ2n) is 24.3. The zero-order valence-electron chi connectivity index (χ0n) is 54.9. The molecule has 0 aromatic carbocycles. The Kier molecular flexibility index (Phi) is 92.6. The first-order valence-corrected chi connectivity index (χ1v) is 35.9. The molecular weight excluding hydrogens is 1190 g/mol. The van der Waals surface area contributed by atoms with Crippen LogP contribution in [0.15, 0.2) is 0 Å². The van der Waals surface area contributed by atoms with Crippen LogP contribution in [0, 0.1) is 0 Å². The average molecular weight is 1330 g/mol. The van der Waals surface area contributed by atoms with E-state index >= 15 is 0 Å². The molecule has 489 valence electrons. The molecule has 1 radical (unpaired) electrons. The maximum atomic E-state index is 10.2. The molecule has 0 aliphatic heterocycles. The van der Waals surface area contributed by atoms with E-state index in [2.05, 4.69) is 27.7 Å². The Morgan fingerprint density at radius 3 is 0.309 bits per heavy atom. The zero-order chi connectivity index (χ0) is 59.6. The van der Waals surface area contributed by atoms with Gasteiger partial charge in [-0.05, 0) is 51.4 Å². The maximum absolute atomic E-state index is 10.2. The van der Waals surface area contributed by atoms with Gasteiger partial charge in [-0.3, -0.25) is 0 Å². The zero-order valence-corrected chi connectivity index (χ0v) is 57.2. The van der Waals surface area contributed by atoms with Crippen molar-refractivity contribution in [3.63, 3.8) is 0 Å². The summed E-state index contributed by atoms with van der Waals surface area (Å²) in [7, 11) is 0. The van der Waals surface area contributed by atoms with Crippen LogP contribution in [0.2, 0.25) is 0 Å². The molecule has 0 spiro atoms. The quantitative estimate of drug-likeness (QED) is 0.0544. The molecule has 0 unspecified atom stereocenters. The van der Waals surface area contributed by atoms with Crippen LogP contribution >= 0.6 is 0 Å². The number of unbranched alkanes of at least 4 members (excludes halogenated alkanes) is 56. The van der Waals surface area contributed by atoms with E-state index in [-0.39, 0.29) is 45.8 Å². The summed E-state index contributed by atoms with van der Waals surface area (Å²) < 4.78 is 0. The first-order valence-electron chi connectivity index (χ1n) is 35.9. The maximum Gasteiger partial charge on any atom is 0.0414 e. The molecule has 0 rings (SSSR count). The van der Waals surface area contributed by atoms with Gasteiger partial charge in [-0.25, -0.2) is 0 Å². The number of carboxylic acids is 4. The Morgan fingerprint density at radius 2 is 0.235 bits per heavy atom.